The Bertz CT molecular complexity index is 322. The molecule has 3 heteroatoms. The normalized spacial score (nSPS) is 11.9. The third kappa shape index (κ3) is 1.93. The highest BCUT2D eigenvalue weighted by Gasteiger charge is 2.21. The van der Waals surface area contributed by atoms with Crippen LogP contribution < -0.4 is 0 Å². The molecule has 0 amide bonds. The molecule has 1 N–H and O–H groups in total. The van der Waals surface area contributed by atoms with E-state index in [1.54, 1.807) is 19.9 Å². The molecule has 1 aromatic rings. The Labute approximate surface area is 82.4 Å². The lowest BCUT2D eigenvalue weighted by Crippen LogP contribution is -2.22. The predicted octanol–water partition coefficient (Wildman–Crippen LogP) is 2.54. The van der Waals surface area contributed by atoms with Crippen molar-refractivity contribution in [3.8, 4) is 0 Å². The second-order valence-corrected chi connectivity index (χ2v) is 4.13. The van der Waals surface area contributed by atoms with Gasteiger partial charge in [-0.05, 0) is 24.1 Å². The SMILES string of the molecule is Cc1cc(C(C)(C)CO)cc(F)c1F. The van der Waals surface area contributed by atoms with Gasteiger partial charge in [-0.15, -0.1) is 0 Å². The summed E-state index contributed by atoms with van der Waals surface area (Å²) in [5.74, 6) is -1.68. The van der Waals surface area contributed by atoms with Crippen LogP contribution in [0.5, 0.6) is 0 Å². The average Bonchev–Trinajstić information content (AvgIpc) is 2.13. The van der Waals surface area contributed by atoms with Crippen LogP contribution in [0.3, 0.4) is 0 Å². The zero-order valence-electron chi connectivity index (χ0n) is 8.56. The molecule has 1 aromatic carbocycles. The Balaban J connectivity index is 3.26. The van der Waals surface area contributed by atoms with Gasteiger partial charge in [0.05, 0.1) is 6.61 Å². The number of aliphatic hydroxyl groups is 1. The van der Waals surface area contributed by atoms with Crippen molar-refractivity contribution in [3.63, 3.8) is 0 Å². The molecule has 0 unspecified atom stereocenters. The second-order valence-electron chi connectivity index (χ2n) is 4.13. The molecule has 0 radical (unpaired) electrons. The molecule has 1 nitrogen and oxygen atoms in total. The summed E-state index contributed by atoms with van der Waals surface area (Å²) in [6, 6.07) is 2.70. The molecule has 0 aromatic heterocycles. The van der Waals surface area contributed by atoms with Crippen molar-refractivity contribution < 1.29 is 13.9 Å². The molecule has 0 aliphatic carbocycles. The lowest BCUT2D eigenvalue weighted by molar-refractivity contribution is 0.218. The fraction of sp³-hybridized carbons (Fsp3) is 0.455. The van der Waals surface area contributed by atoms with Gasteiger partial charge < -0.3 is 5.11 Å². The Kier molecular flexibility index (Phi) is 2.90. The summed E-state index contributed by atoms with van der Waals surface area (Å²) < 4.78 is 26.0. The summed E-state index contributed by atoms with van der Waals surface area (Å²) in [6.07, 6.45) is 0. The van der Waals surface area contributed by atoms with Gasteiger partial charge >= 0.3 is 0 Å². The minimum atomic E-state index is -0.860. The minimum absolute atomic E-state index is 0.0997. The van der Waals surface area contributed by atoms with Gasteiger partial charge in [-0.1, -0.05) is 19.9 Å². The Morgan fingerprint density at radius 1 is 1.29 bits per heavy atom. The molecule has 0 fully saturated rings. The lowest BCUT2D eigenvalue weighted by Gasteiger charge is -2.22. The topological polar surface area (TPSA) is 20.2 Å². The first-order valence-corrected chi connectivity index (χ1v) is 4.45. The van der Waals surface area contributed by atoms with Crippen molar-refractivity contribution in [2.24, 2.45) is 0 Å². The van der Waals surface area contributed by atoms with E-state index in [9.17, 15) is 8.78 Å². The zero-order chi connectivity index (χ0) is 10.9. The molecular weight excluding hydrogens is 186 g/mol. The maximum atomic E-state index is 13.1. The van der Waals surface area contributed by atoms with Crippen LogP contribution in [0.4, 0.5) is 8.78 Å². The number of aryl methyl sites for hydroxylation is 1. The summed E-state index contributed by atoms with van der Waals surface area (Å²) >= 11 is 0. The van der Waals surface area contributed by atoms with Gasteiger partial charge in [-0.2, -0.15) is 0 Å². The quantitative estimate of drug-likeness (QED) is 0.777. The number of aliphatic hydroxyl groups excluding tert-OH is 1. The van der Waals surface area contributed by atoms with Crippen LogP contribution in [0.25, 0.3) is 0 Å². The van der Waals surface area contributed by atoms with Crippen LogP contribution in [0.2, 0.25) is 0 Å². The number of hydrogen-bond donors (Lipinski definition) is 1. The van der Waals surface area contributed by atoms with Crippen LogP contribution in [-0.4, -0.2) is 11.7 Å². The Morgan fingerprint density at radius 3 is 2.29 bits per heavy atom. The molecular formula is C11H14F2O. The average molecular weight is 200 g/mol. The van der Waals surface area contributed by atoms with Gasteiger partial charge in [0, 0.05) is 5.41 Å². The van der Waals surface area contributed by atoms with Crippen LogP contribution in [0.15, 0.2) is 12.1 Å². The molecule has 0 aliphatic heterocycles. The fourth-order valence-electron chi connectivity index (χ4n) is 1.21. The largest absolute Gasteiger partial charge is 0.395 e. The van der Waals surface area contributed by atoms with Crippen LogP contribution >= 0.6 is 0 Å². The van der Waals surface area contributed by atoms with E-state index in [4.69, 9.17) is 5.11 Å². The molecule has 0 heterocycles. The predicted molar refractivity (Wildman–Crippen MR) is 51.2 cm³/mol. The highest BCUT2D eigenvalue weighted by molar-refractivity contribution is 5.30. The van der Waals surface area contributed by atoms with Gasteiger partial charge in [0.2, 0.25) is 0 Å². The van der Waals surface area contributed by atoms with E-state index in [0.29, 0.717) is 5.56 Å². The van der Waals surface area contributed by atoms with E-state index >= 15 is 0 Å². The smallest absolute Gasteiger partial charge is 0.161 e. The highest BCUT2D eigenvalue weighted by Crippen LogP contribution is 2.25. The fourth-order valence-corrected chi connectivity index (χ4v) is 1.21. The molecule has 0 aliphatic rings. The van der Waals surface area contributed by atoms with Crippen LogP contribution in [-0.2, 0) is 5.41 Å². The van der Waals surface area contributed by atoms with Gasteiger partial charge in [-0.25, -0.2) is 8.78 Å². The first-order chi connectivity index (χ1) is 6.38. The van der Waals surface area contributed by atoms with Crippen LogP contribution in [0.1, 0.15) is 25.0 Å². The molecule has 78 valence electrons. The third-order valence-electron chi connectivity index (χ3n) is 2.39. The third-order valence-corrected chi connectivity index (χ3v) is 2.39. The minimum Gasteiger partial charge on any atom is -0.395 e. The number of benzene rings is 1. The summed E-state index contributed by atoms with van der Waals surface area (Å²) in [6.45, 7) is 4.96. The van der Waals surface area contributed by atoms with E-state index in [-0.39, 0.29) is 12.2 Å². The van der Waals surface area contributed by atoms with E-state index in [1.165, 1.54) is 6.92 Å². The summed E-state index contributed by atoms with van der Waals surface area (Å²) in [5, 5.41) is 9.08. The van der Waals surface area contributed by atoms with E-state index in [1.807, 2.05) is 0 Å². The number of hydrogen-bond acceptors (Lipinski definition) is 1. The first-order valence-electron chi connectivity index (χ1n) is 4.45. The van der Waals surface area contributed by atoms with Crippen molar-refractivity contribution in [1.29, 1.82) is 0 Å². The van der Waals surface area contributed by atoms with Crippen LogP contribution in [0, 0.1) is 18.6 Å². The zero-order valence-corrected chi connectivity index (χ0v) is 8.56. The van der Waals surface area contributed by atoms with Gasteiger partial charge in [0.25, 0.3) is 0 Å². The maximum Gasteiger partial charge on any atom is 0.161 e. The van der Waals surface area contributed by atoms with Crippen molar-refractivity contribution in [3.05, 3.63) is 34.9 Å². The molecule has 0 spiro atoms. The molecule has 14 heavy (non-hydrogen) atoms. The highest BCUT2D eigenvalue weighted by atomic mass is 19.2. The molecule has 0 saturated carbocycles. The molecule has 0 bridgehead atoms. The summed E-state index contributed by atoms with van der Waals surface area (Å²) in [4.78, 5) is 0. The van der Waals surface area contributed by atoms with Crippen molar-refractivity contribution in [2.45, 2.75) is 26.2 Å². The number of halogens is 2. The van der Waals surface area contributed by atoms with Crippen molar-refractivity contribution >= 4 is 0 Å². The van der Waals surface area contributed by atoms with E-state index in [2.05, 4.69) is 0 Å². The maximum absolute atomic E-state index is 13.1. The summed E-state index contributed by atoms with van der Waals surface area (Å²) in [7, 11) is 0. The number of rotatable bonds is 2. The van der Waals surface area contributed by atoms with Gasteiger partial charge in [0.15, 0.2) is 11.6 Å². The summed E-state index contributed by atoms with van der Waals surface area (Å²) in [5.41, 5.74) is 0.331. The molecule has 1 rings (SSSR count). The monoisotopic (exact) mass is 200 g/mol. The standard InChI is InChI=1S/C11H14F2O/c1-7-4-8(11(2,3)6-14)5-9(12)10(7)13/h4-5,14H,6H2,1-3H3. The second kappa shape index (κ2) is 3.65. The van der Waals surface area contributed by atoms with Gasteiger partial charge in [-0.3, -0.25) is 0 Å². The Hall–Kier alpha value is -0.960. The molecule has 0 saturated heterocycles. The van der Waals surface area contributed by atoms with Crippen molar-refractivity contribution in [2.75, 3.05) is 6.61 Å². The lowest BCUT2D eigenvalue weighted by atomic mass is 9.85. The van der Waals surface area contributed by atoms with E-state index in [0.717, 1.165) is 6.07 Å². The Morgan fingerprint density at radius 2 is 1.86 bits per heavy atom. The van der Waals surface area contributed by atoms with E-state index < -0.39 is 17.0 Å². The van der Waals surface area contributed by atoms with Crippen molar-refractivity contribution in [1.82, 2.24) is 0 Å². The first kappa shape index (κ1) is 11.1. The molecule has 0 atom stereocenters. The van der Waals surface area contributed by atoms with Gasteiger partial charge in [0.1, 0.15) is 0 Å².